The molecule has 1 aliphatic carbocycles. The van der Waals surface area contributed by atoms with E-state index in [4.69, 9.17) is 9.97 Å². The van der Waals surface area contributed by atoms with E-state index in [-0.39, 0.29) is 11.1 Å². The first-order chi connectivity index (χ1) is 16.4. The second-order valence-electron chi connectivity index (χ2n) is 9.51. The van der Waals surface area contributed by atoms with Crippen molar-refractivity contribution in [1.29, 1.82) is 0 Å². The van der Waals surface area contributed by atoms with Crippen LogP contribution in [0.3, 0.4) is 0 Å². The van der Waals surface area contributed by atoms with Crippen molar-refractivity contribution in [1.82, 2.24) is 19.5 Å². The lowest BCUT2D eigenvalue weighted by molar-refractivity contribution is -0.858. The van der Waals surface area contributed by atoms with Gasteiger partial charge in [0.05, 0.1) is 42.7 Å². The molecule has 0 aliphatic heterocycles. The van der Waals surface area contributed by atoms with Crippen molar-refractivity contribution in [2.75, 3.05) is 20.6 Å². The van der Waals surface area contributed by atoms with Crippen LogP contribution in [0.2, 0.25) is 0 Å². The number of nitrogens with zero attached hydrogens (tertiary/aromatic N) is 3. The van der Waals surface area contributed by atoms with Crippen LogP contribution in [-0.2, 0) is 25.1 Å². The summed E-state index contributed by atoms with van der Waals surface area (Å²) in [6.07, 6.45) is 3.99. The predicted molar refractivity (Wildman–Crippen MR) is 139 cm³/mol. The molecular weight excluding hydrogens is 466 g/mol. The molecule has 0 bridgehead atoms. The minimum Gasteiger partial charge on any atom is -0.340 e. The van der Waals surface area contributed by atoms with Crippen LogP contribution in [0.4, 0.5) is 0 Å². The number of aromatic nitrogens is 4. The molecule has 34 heavy (non-hydrogen) atoms. The minimum atomic E-state index is -0.0505. The summed E-state index contributed by atoms with van der Waals surface area (Å²) in [6, 6.07) is 7.48. The highest BCUT2D eigenvalue weighted by Crippen LogP contribution is 2.35. The summed E-state index contributed by atoms with van der Waals surface area (Å²) >= 11 is 3.12. The molecule has 1 atom stereocenters. The summed E-state index contributed by atoms with van der Waals surface area (Å²) in [5.74, 6) is 1.73. The summed E-state index contributed by atoms with van der Waals surface area (Å²) in [5.41, 5.74) is 1.82. The molecule has 2 N–H and O–H groups in total. The van der Waals surface area contributed by atoms with E-state index in [1.165, 1.54) is 27.1 Å². The first-order valence-electron chi connectivity index (χ1n) is 11.9. The Labute approximate surface area is 206 Å². The summed E-state index contributed by atoms with van der Waals surface area (Å²) in [7, 11) is 4.22. The monoisotopic (exact) mass is 496 g/mol. The molecule has 1 aliphatic rings. The van der Waals surface area contributed by atoms with Crippen LogP contribution in [0.15, 0.2) is 39.0 Å². The largest absolute Gasteiger partial charge is 0.340 e. The topological polar surface area (TPSA) is 85.1 Å². The van der Waals surface area contributed by atoms with Crippen LogP contribution in [0.25, 0.3) is 21.1 Å². The molecule has 0 amide bonds. The van der Waals surface area contributed by atoms with Gasteiger partial charge in [0, 0.05) is 17.8 Å². The van der Waals surface area contributed by atoms with Gasteiger partial charge in [-0.1, -0.05) is 30.8 Å². The Kier molecular flexibility index (Phi) is 6.59. The van der Waals surface area contributed by atoms with E-state index in [1.54, 1.807) is 15.9 Å². The highest BCUT2D eigenvalue weighted by molar-refractivity contribution is 7.98. The van der Waals surface area contributed by atoms with Gasteiger partial charge in [-0.25, -0.2) is 9.97 Å². The summed E-state index contributed by atoms with van der Waals surface area (Å²) in [6.45, 7) is 3.85. The number of aryl methyl sites for hydroxylation is 1. The number of quaternary nitrogens is 1. The van der Waals surface area contributed by atoms with Crippen molar-refractivity contribution in [2.45, 2.75) is 50.1 Å². The van der Waals surface area contributed by atoms with Crippen molar-refractivity contribution in [3.8, 4) is 0 Å². The lowest BCUT2D eigenvalue weighted by Gasteiger charge is -2.17. The lowest BCUT2D eigenvalue weighted by atomic mass is 9.89. The molecule has 3 aromatic heterocycles. The number of hydrogen-bond donors (Lipinski definition) is 2. The van der Waals surface area contributed by atoms with Gasteiger partial charge in [0.2, 0.25) is 0 Å². The highest BCUT2D eigenvalue weighted by atomic mass is 32.2. The fourth-order valence-corrected chi connectivity index (χ4v) is 6.94. The zero-order valence-corrected chi connectivity index (χ0v) is 21.4. The molecule has 0 spiro atoms. The number of nitrogens with one attached hydrogen (secondary N) is 2. The Hall–Kier alpha value is -2.49. The van der Waals surface area contributed by atoms with Crippen LogP contribution >= 0.6 is 23.1 Å². The first kappa shape index (κ1) is 23.3. The van der Waals surface area contributed by atoms with Crippen molar-refractivity contribution < 1.29 is 4.90 Å². The number of rotatable bonds is 7. The van der Waals surface area contributed by atoms with Gasteiger partial charge in [-0.2, -0.15) is 0 Å². The van der Waals surface area contributed by atoms with Crippen LogP contribution in [0, 0.1) is 5.92 Å². The van der Waals surface area contributed by atoms with Gasteiger partial charge in [-0.15, -0.1) is 11.3 Å². The average molecular weight is 497 g/mol. The summed E-state index contributed by atoms with van der Waals surface area (Å²) in [5, 5.41) is 2.07. The van der Waals surface area contributed by atoms with E-state index < -0.39 is 0 Å². The first-order valence-corrected chi connectivity index (χ1v) is 13.7. The molecule has 7 nitrogen and oxygen atoms in total. The Morgan fingerprint density at radius 2 is 2.06 bits per heavy atom. The Bertz CT molecular complexity index is 1470. The molecule has 4 aromatic rings. The van der Waals surface area contributed by atoms with Gasteiger partial charge >= 0.3 is 0 Å². The van der Waals surface area contributed by atoms with Crippen molar-refractivity contribution in [3.63, 3.8) is 0 Å². The number of hydrogen-bond acceptors (Lipinski definition) is 6. The number of benzene rings is 1. The smallest absolute Gasteiger partial charge is 0.262 e. The van der Waals surface area contributed by atoms with Crippen LogP contribution in [0.5, 0.6) is 0 Å². The zero-order valence-electron chi connectivity index (χ0n) is 19.8. The van der Waals surface area contributed by atoms with E-state index in [1.807, 2.05) is 24.3 Å². The molecule has 0 fully saturated rings. The maximum Gasteiger partial charge on any atom is 0.262 e. The van der Waals surface area contributed by atoms with Crippen molar-refractivity contribution in [3.05, 3.63) is 61.2 Å². The van der Waals surface area contributed by atoms with Crippen molar-refractivity contribution in [2.24, 2.45) is 5.92 Å². The van der Waals surface area contributed by atoms with Gasteiger partial charge < -0.3 is 9.88 Å². The molecule has 0 unspecified atom stereocenters. The molecule has 3 heterocycles. The summed E-state index contributed by atoms with van der Waals surface area (Å²) in [4.78, 5) is 42.3. The van der Waals surface area contributed by atoms with Gasteiger partial charge in [0.1, 0.15) is 10.7 Å². The molecule has 9 heteroatoms. The van der Waals surface area contributed by atoms with Gasteiger partial charge in [-0.3, -0.25) is 14.2 Å². The van der Waals surface area contributed by atoms with Crippen molar-refractivity contribution >= 4 is 44.2 Å². The van der Waals surface area contributed by atoms with Gasteiger partial charge in [-0.05, 0) is 42.9 Å². The molecule has 178 valence electrons. The Morgan fingerprint density at radius 3 is 2.88 bits per heavy atom. The van der Waals surface area contributed by atoms with Gasteiger partial charge in [0.15, 0.2) is 5.16 Å². The van der Waals surface area contributed by atoms with E-state index in [0.717, 1.165) is 42.4 Å². The molecule has 5 rings (SSSR count). The predicted octanol–water partition coefficient (Wildman–Crippen LogP) is 2.65. The number of thiophene rings is 1. The molecule has 0 saturated carbocycles. The molecule has 1 aromatic carbocycles. The third-order valence-corrected chi connectivity index (χ3v) is 8.57. The average Bonchev–Trinajstić information content (AvgIpc) is 3.17. The van der Waals surface area contributed by atoms with E-state index in [0.29, 0.717) is 40.1 Å². The van der Waals surface area contributed by atoms with E-state index >= 15 is 0 Å². The minimum absolute atomic E-state index is 0.0150. The number of fused-ring (bicyclic) bond motifs is 4. The lowest BCUT2D eigenvalue weighted by Crippen LogP contribution is -3.05. The normalized spacial score (nSPS) is 15.9. The number of thioether (sulfide) groups is 1. The summed E-state index contributed by atoms with van der Waals surface area (Å²) < 4.78 is 1.78. The SMILES string of the molecule is C[C@H]1CCc2c(sc3nc(CSc4nc5ccccc5c(=O)n4CCC[NH+](C)C)[nH]c(=O)c23)C1. The quantitative estimate of drug-likeness (QED) is 0.304. The maximum absolute atomic E-state index is 13.2. The Balaban J connectivity index is 1.46. The number of para-hydroxylation sites is 1. The van der Waals surface area contributed by atoms with E-state index in [2.05, 4.69) is 26.0 Å². The van der Waals surface area contributed by atoms with E-state index in [9.17, 15) is 9.59 Å². The number of aromatic amines is 1. The highest BCUT2D eigenvalue weighted by Gasteiger charge is 2.23. The molecule has 0 radical (unpaired) electrons. The van der Waals surface area contributed by atoms with Gasteiger partial charge in [0.25, 0.3) is 11.1 Å². The third-order valence-electron chi connectivity index (χ3n) is 6.44. The second-order valence-corrected chi connectivity index (χ2v) is 11.5. The Morgan fingerprint density at radius 1 is 1.24 bits per heavy atom. The third kappa shape index (κ3) is 4.56. The standard InChI is InChI=1S/C25H29N5O2S2/c1-15-9-10-17-19(13-15)34-23-21(17)22(31)27-20(28-23)14-33-25-26-18-8-5-4-7-16(18)24(32)30(25)12-6-11-29(2)3/h4-5,7-8,15H,6,9-14H2,1-3H3,(H,27,28,31)/p+1/t15-/m0/s1. The fraction of sp³-hybridized carbons (Fsp3) is 0.440. The second kappa shape index (κ2) is 9.64. The fourth-order valence-electron chi connectivity index (χ4n) is 4.64. The molecular formula is C25H30N5O2S2+. The molecule has 0 saturated heterocycles. The number of H-pyrrole nitrogens is 1. The van der Waals surface area contributed by atoms with Crippen LogP contribution in [0.1, 0.15) is 36.0 Å². The maximum atomic E-state index is 13.2. The van der Waals surface area contributed by atoms with Crippen LogP contribution < -0.4 is 16.0 Å². The van der Waals surface area contributed by atoms with Crippen LogP contribution in [-0.4, -0.2) is 40.2 Å². The zero-order chi connectivity index (χ0) is 23.8.